The lowest BCUT2D eigenvalue weighted by molar-refractivity contribution is -0.0503. The molecule has 0 fully saturated rings. The molecule has 0 heterocycles. The van der Waals surface area contributed by atoms with Crippen molar-refractivity contribution in [3.63, 3.8) is 0 Å². The first kappa shape index (κ1) is 19.2. The Hall–Kier alpha value is 0.154. The summed E-state index contributed by atoms with van der Waals surface area (Å²) >= 11 is 0. The quantitative estimate of drug-likeness (QED) is 0.503. The lowest BCUT2D eigenvalue weighted by atomic mass is 10.9. The summed E-state index contributed by atoms with van der Waals surface area (Å²) in [5.74, 6) is 0. The fourth-order valence-electron chi connectivity index (χ4n) is 1.39. The molecule has 0 radical (unpaired) electrons. The molecule has 0 aromatic heterocycles. The zero-order valence-corrected chi connectivity index (χ0v) is 14.7. The maximum absolute atomic E-state index is 5.83. The van der Waals surface area contributed by atoms with Crippen LogP contribution in [0.25, 0.3) is 0 Å². The fraction of sp³-hybridized carbons (Fsp3) is 1.00. The Morgan fingerprint density at radius 1 is 0.579 bits per heavy atom. The molecule has 0 aromatic carbocycles. The fourth-order valence-corrected chi connectivity index (χ4v) is 6.29. The van der Waals surface area contributed by atoms with Crippen LogP contribution in [0.2, 0.25) is 0 Å². The lowest BCUT2D eigenvalue weighted by Crippen LogP contribution is -2.61. The molecule has 0 unspecified atom stereocenters. The third-order valence-corrected chi connectivity index (χ3v) is 7.60. The van der Waals surface area contributed by atoms with Crippen molar-refractivity contribution in [3.05, 3.63) is 0 Å². The molecule has 19 heavy (non-hydrogen) atoms. The van der Waals surface area contributed by atoms with Crippen LogP contribution in [0.15, 0.2) is 0 Å². The summed E-state index contributed by atoms with van der Waals surface area (Å²) in [6.07, 6.45) is 0. The molecular weight excluding hydrogens is 288 g/mol. The van der Waals surface area contributed by atoms with Crippen LogP contribution in [0, 0.1) is 0 Å². The van der Waals surface area contributed by atoms with Gasteiger partial charge in [-0.25, -0.2) is 0 Å². The van der Waals surface area contributed by atoms with Crippen LogP contribution in [0.3, 0.4) is 0 Å². The minimum atomic E-state index is -3.32. The van der Waals surface area contributed by atoms with Gasteiger partial charge in [0.1, 0.15) is 0 Å². The Labute approximate surface area is 118 Å². The van der Waals surface area contributed by atoms with Gasteiger partial charge in [-0.3, -0.25) is 0 Å². The van der Waals surface area contributed by atoms with E-state index in [4.69, 9.17) is 30.7 Å². The lowest BCUT2D eigenvalue weighted by Gasteiger charge is -2.33. The molecule has 0 saturated carbocycles. The zero-order chi connectivity index (χ0) is 14.8. The SMILES string of the molecule is CCO[Si](OC)(OC)O[Si](OCC)(OCC)OCC. The van der Waals surface area contributed by atoms with Gasteiger partial charge in [0.15, 0.2) is 0 Å². The predicted molar refractivity (Wildman–Crippen MR) is 73.1 cm³/mol. The normalized spacial score (nSPS) is 12.9. The van der Waals surface area contributed by atoms with Gasteiger partial charge in [-0.05, 0) is 27.7 Å². The molecule has 0 spiro atoms. The van der Waals surface area contributed by atoms with Crippen molar-refractivity contribution in [2.24, 2.45) is 0 Å². The third kappa shape index (κ3) is 5.98. The Bertz CT molecular complexity index is 209. The summed E-state index contributed by atoms with van der Waals surface area (Å²) < 4.78 is 38.6. The van der Waals surface area contributed by atoms with Crippen molar-refractivity contribution in [3.8, 4) is 0 Å². The van der Waals surface area contributed by atoms with Crippen LogP contribution < -0.4 is 0 Å². The third-order valence-electron chi connectivity index (χ3n) is 2.03. The number of rotatable bonds is 12. The van der Waals surface area contributed by atoms with Crippen LogP contribution in [-0.2, 0) is 30.7 Å². The van der Waals surface area contributed by atoms with E-state index in [2.05, 4.69) is 0 Å². The smallest absolute Gasteiger partial charge is 0.355 e. The van der Waals surface area contributed by atoms with E-state index < -0.39 is 18.1 Å². The second kappa shape index (κ2) is 9.96. The molecule has 0 amide bonds. The summed E-state index contributed by atoms with van der Waals surface area (Å²) in [4.78, 5) is 0. The van der Waals surface area contributed by atoms with E-state index in [1.807, 2.05) is 27.7 Å². The van der Waals surface area contributed by atoms with Crippen LogP contribution in [-0.4, -0.2) is 58.7 Å². The highest BCUT2D eigenvalue weighted by Gasteiger charge is 2.58. The van der Waals surface area contributed by atoms with Crippen molar-refractivity contribution < 1.29 is 30.7 Å². The van der Waals surface area contributed by atoms with E-state index in [1.165, 1.54) is 14.2 Å². The topological polar surface area (TPSA) is 64.6 Å². The van der Waals surface area contributed by atoms with Gasteiger partial charge in [0.2, 0.25) is 0 Å². The largest absolute Gasteiger partial charge is 0.673 e. The Morgan fingerprint density at radius 2 is 0.895 bits per heavy atom. The first-order valence-corrected chi connectivity index (χ1v) is 9.70. The minimum Gasteiger partial charge on any atom is -0.355 e. The summed E-state index contributed by atoms with van der Waals surface area (Å²) in [6.45, 7) is 8.94. The highest BCUT2D eigenvalue weighted by atomic mass is 28.5. The standard InChI is InChI=1S/C10H26O7Si2/c1-7-13-18(11-5,12-6)17-19(14-8-2,15-9-3)16-10-4/h7-10H2,1-6H3. The van der Waals surface area contributed by atoms with Gasteiger partial charge in [0.25, 0.3) is 0 Å². The monoisotopic (exact) mass is 314 g/mol. The van der Waals surface area contributed by atoms with Gasteiger partial charge in [-0.1, -0.05) is 0 Å². The summed E-state index contributed by atoms with van der Waals surface area (Å²) in [5.41, 5.74) is 0. The van der Waals surface area contributed by atoms with Gasteiger partial charge >= 0.3 is 18.1 Å². The summed E-state index contributed by atoms with van der Waals surface area (Å²) in [6, 6.07) is 0. The van der Waals surface area contributed by atoms with E-state index in [1.54, 1.807) is 0 Å². The van der Waals surface area contributed by atoms with Gasteiger partial charge in [0.05, 0.1) is 0 Å². The van der Waals surface area contributed by atoms with Gasteiger partial charge < -0.3 is 30.7 Å². The molecule has 9 heteroatoms. The van der Waals surface area contributed by atoms with E-state index in [0.29, 0.717) is 26.4 Å². The molecular formula is C10H26O7Si2. The van der Waals surface area contributed by atoms with E-state index in [9.17, 15) is 0 Å². The van der Waals surface area contributed by atoms with E-state index in [-0.39, 0.29) is 0 Å². The minimum absolute atomic E-state index is 0.392. The molecule has 0 aliphatic rings. The first-order valence-electron chi connectivity index (χ1n) is 6.43. The summed E-state index contributed by atoms with van der Waals surface area (Å²) in [7, 11) is -3.69. The van der Waals surface area contributed by atoms with Crippen molar-refractivity contribution in [2.75, 3.05) is 40.6 Å². The Balaban J connectivity index is 5.10. The van der Waals surface area contributed by atoms with E-state index >= 15 is 0 Å². The van der Waals surface area contributed by atoms with Crippen LogP contribution in [0.5, 0.6) is 0 Å². The number of hydrogen-bond acceptors (Lipinski definition) is 7. The Kier molecular flexibility index (Phi) is 10.0. The zero-order valence-electron chi connectivity index (χ0n) is 12.7. The summed E-state index contributed by atoms with van der Waals surface area (Å²) in [5, 5.41) is 0. The van der Waals surface area contributed by atoms with Crippen LogP contribution >= 0.6 is 0 Å². The van der Waals surface area contributed by atoms with Crippen molar-refractivity contribution in [2.45, 2.75) is 27.7 Å². The molecule has 0 rings (SSSR count). The maximum atomic E-state index is 5.83. The van der Waals surface area contributed by atoms with Gasteiger partial charge in [-0.2, -0.15) is 0 Å². The average molecular weight is 314 g/mol. The molecule has 0 atom stereocenters. The molecule has 0 aliphatic heterocycles. The van der Waals surface area contributed by atoms with E-state index in [0.717, 1.165) is 0 Å². The van der Waals surface area contributed by atoms with Crippen LogP contribution in [0.4, 0.5) is 0 Å². The van der Waals surface area contributed by atoms with Gasteiger partial charge in [0, 0.05) is 40.6 Å². The van der Waals surface area contributed by atoms with Crippen molar-refractivity contribution in [1.82, 2.24) is 0 Å². The Morgan fingerprint density at radius 3 is 1.16 bits per heavy atom. The number of hydrogen-bond donors (Lipinski definition) is 0. The molecule has 0 aromatic rings. The second-order valence-electron chi connectivity index (χ2n) is 3.24. The highest BCUT2D eigenvalue weighted by molar-refractivity contribution is 6.68. The second-order valence-corrected chi connectivity index (χ2v) is 8.03. The first-order chi connectivity index (χ1) is 9.07. The molecule has 0 N–H and O–H groups in total. The molecule has 7 nitrogen and oxygen atoms in total. The average Bonchev–Trinajstić information content (AvgIpc) is 2.39. The highest BCUT2D eigenvalue weighted by Crippen LogP contribution is 2.21. The molecule has 0 saturated heterocycles. The van der Waals surface area contributed by atoms with Crippen molar-refractivity contribution in [1.29, 1.82) is 0 Å². The van der Waals surface area contributed by atoms with Crippen LogP contribution in [0.1, 0.15) is 27.7 Å². The van der Waals surface area contributed by atoms with Crippen molar-refractivity contribution >= 4 is 18.1 Å². The predicted octanol–water partition coefficient (Wildman–Crippen LogP) is 1.31. The van der Waals surface area contributed by atoms with Gasteiger partial charge in [-0.15, -0.1) is 0 Å². The molecule has 0 bridgehead atoms. The maximum Gasteiger partial charge on any atom is 0.673 e. The molecule has 116 valence electrons. The molecule has 0 aliphatic carbocycles.